The highest BCUT2D eigenvalue weighted by atomic mass is 32.2. The molecule has 11 heteroatoms. The molecule has 0 radical (unpaired) electrons. The molecule has 1 atom stereocenters. The van der Waals surface area contributed by atoms with Crippen LogP contribution in [0.4, 0.5) is 17.6 Å². The zero-order valence-electron chi connectivity index (χ0n) is 13.7. The third-order valence-electron chi connectivity index (χ3n) is 2.67. The van der Waals surface area contributed by atoms with Crippen LogP contribution < -0.4 is 0 Å². The summed E-state index contributed by atoms with van der Waals surface area (Å²) >= 11 is 0. The number of hydrogen-bond acceptors (Lipinski definition) is 5. The first-order valence-corrected chi connectivity index (χ1v) is 11.1. The largest absolute Gasteiger partial charge is 0.523 e. The third kappa shape index (κ3) is 8.22. The van der Waals surface area contributed by atoms with Gasteiger partial charge in [-0.05, 0) is 18.5 Å². The highest BCUT2D eigenvalue weighted by Crippen LogP contribution is 2.25. The lowest BCUT2D eigenvalue weighted by Crippen LogP contribution is -2.44. The molecule has 0 rings (SSSR count). The molecule has 0 saturated carbocycles. The van der Waals surface area contributed by atoms with Crippen LogP contribution in [0.15, 0.2) is 0 Å². The second kappa shape index (κ2) is 7.58. The number of hydrogen-bond donors (Lipinski definition) is 0. The van der Waals surface area contributed by atoms with Crippen LogP contribution in [0.2, 0.25) is 13.1 Å². The third-order valence-corrected chi connectivity index (χ3v) is 6.10. The molecule has 0 saturated heterocycles. The second-order valence-corrected chi connectivity index (χ2v) is 12.2. The topological polar surface area (TPSA) is 69.7 Å². The minimum atomic E-state index is -5.84. The minimum Gasteiger partial charge on any atom is -0.407 e. The highest BCUT2D eigenvalue weighted by molar-refractivity contribution is 7.87. The van der Waals surface area contributed by atoms with E-state index >= 15 is 0 Å². The van der Waals surface area contributed by atoms with Crippen molar-refractivity contribution in [2.24, 2.45) is 5.41 Å². The van der Waals surface area contributed by atoms with E-state index in [1.54, 1.807) is 13.1 Å². The van der Waals surface area contributed by atoms with Crippen molar-refractivity contribution in [2.45, 2.75) is 52.0 Å². The van der Waals surface area contributed by atoms with E-state index in [0.717, 1.165) is 0 Å². The molecule has 0 spiro atoms. The lowest BCUT2D eigenvalue weighted by molar-refractivity contribution is -0.115. The standard InChI is InChI=1S/C12H22F4O5SSi/c1-11(2,3)6-10(17)23(4,5)21-8-9(13)7-20-22(18,19)12(14,15)16/h9H,6-8H2,1-5H3. The Morgan fingerprint density at radius 3 is 2.00 bits per heavy atom. The smallest absolute Gasteiger partial charge is 0.407 e. The van der Waals surface area contributed by atoms with E-state index < -0.39 is 43.3 Å². The van der Waals surface area contributed by atoms with Crippen LogP contribution in [0.5, 0.6) is 0 Å². The fourth-order valence-corrected chi connectivity index (χ4v) is 3.53. The van der Waals surface area contributed by atoms with E-state index in [0.29, 0.717) is 0 Å². The monoisotopic (exact) mass is 382 g/mol. The lowest BCUT2D eigenvalue weighted by Gasteiger charge is -2.26. The highest BCUT2D eigenvalue weighted by Gasteiger charge is 2.47. The lowest BCUT2D eigenvalue weighted by atomic mass is 9.93. The van der Waals surface area contributed by atoms with Crippen LogP contribution in [0.1, 0.15) is 27.2 Å². The van der Waals surface area contributed by atoms with Gasteiger partial charge in [0.15, 0.2) is 0 Å². The minimum absolute atomic E-state index is 0.166. The molecule has 138 valence electrons. The van der Waals surface area contributed by atoms with Gasteiger partial charge in [0.25, 0.3) is 8.32 Å². The Morgan fingerprint density at radius 1 is 1.13 bits per heavy atom. The van der Waals surface area contributed by atoms with E-state index in [4.69, 9.17) is 4.43 Å². The van der Waals surface area contributed by atoms with Gasteiger partial charge in [0.1, 0.15) is 18.2 Å². The maximum atomic E-state index is 13.5. The summed E-state index contributed by atoms with van der Waals surface area (Å²) in [5.74, 6) is 0. The summed E-state index contributed by atoms with van der Waals surface area (Å²) in [6.45, 7) is 6.61. The summed E-state index contributed by atoms with van der Waals surface area (Å²) in [5.41, 5.74) is -5.88. The van der Waals surface area contributed by atoms with Crippen molar-refractivity contribution in [1.29, 1.82) is 0 Å². The molecular weight excluding hydrogens is 360 g/mol. The molecule has 0 aromatic heterocycles. The average molecular weight is 382 g/mol. The molecular formula is C12H22F4O5SSi. The van der Waals surface area contributed by atoms with Gasteiger partial charge in [0, 0.05) is 6.42 Å². The van der Waals surface area contributed by atoms with Crippen LogP contribution in [-0.2, 0) is 23.5 Å². The number of alkyl halides is 4. The summed E-state index contributed by atoms with van der Waals surface area (Å²) < 4.78 is 79.6. The fraction of sp³-hybridized carbons (Fsp3) is 0.917. The molecule has 23 heavy (non-hydrogen) atoms. The zero-order chi connectivity index (χ0) is 18.7. The van der Waals surface area contributed by atoms with Crippen molar-refractivity contribution in [2.75, 3.05) is 13.2 Å². The molecule has 1 unspecified atom stereocenters. The van der Waals surface area contributed by atoms with Gasteiger partial charge >= 0.3 is 15.6 Å². The molecule has 5 nitrogen and oxygen atoms in total. The normalized spacial score (nSPS) is 15.5. The molecule has 0 heterocycles. The van der Waals surface area contributed by atoms with Gasteiger partial charge in [-0.2, -0.15) is 21.6 Å². The number of carbonyl (C=O) groups is 1. The van der Waals surface area contributed by atoms with E-state index in [9.17, 15) is 30.8 Å². The van der Waals surface area contributed by atoms with E-state index in [2.05, 4.69) is 4.18 Å². The van der Waals surface area contributed by atoms with Crippen molar-refractivity contribution in [3.05, 3.63) is 0 Å². The molecule has 0 aromatic rings. The van der Waals surface area contributed by atoms with Gasteiger partial charge < -0.3 is 9.22 Å². The molecule has 0 aromatic carbocycles. The van der Waals surface area contributed by atoms with Crippen LogP contribution in [-0.4, -0.2) is 47.0 Å². The van der Waals surface area contributed by atoms with Crippen molar-refractivity contribution >= 4 is 23.8 Å². The van der Waals surface area contributed by atoms with Gasteiger partial charge in [-0.25, -0.2) is 4.39 Å². The van der Waals surface area contributed by atoms with Crippen LogP contribution in [0.3, 0.4) is 0 Å². The Labute approximate surface area is 134 Å². The van der Waals surface area contributed by atoms with Crippen molar-refractivity contribution in [3.8, 4) is 0 Å². The van der Waals surface area contributed by atoms with Crippen LogP contribution in [0.25, 0.3) is 0 Å². The van der Waals surface area contributed by atoms with Crippen molar-refractivity contribution < 1.29 is 39.4 Å². The van der Waals surface area contributed by atoms with Gasteiger partial charge in [0.2, 0.25) is 0 Å². The maximum Gasteiger partial charge on any atom is 0.523 e. The Morgan fingerprint density at radius 2 is 1.61 bits per heavy atom. The summed E-state index contributed by atoms with van der Waals surface area (Å²) in [5, 5.41) is -0.166. The molecule has 0 aliphatic rings. The Balaban J connectivity index is 4.49. The quantitative estimate of drug-likeness (QED) is 0.279. The zero-order valence-corrected chi connectivity index (χ0v) is 15.5. The molecule has 0 N–H and O–H groups in total. The van der Waals surface area contributed by atoms with E-state index in [1.165, 1.54) is 0 Å². The van der Waals surface area contributed by atoms with Crippen LogP contribution in [0, 0.1) is 5.41 Å². The predicted molar refractivity (Wildman–Crippen MR) is 78.3 cm³/mol. The first kappa shape index (κ1) is 22.5. The van der Waals surface area contributed by atoms with Gasteiger partial charge in [0.05, 0.1) is 6.61 Å². The van der Waals surface area contributed by atoms with E-state index in [1.807, 2.05) is 20.8 Å². The van der Waals surface area contributed by atoms with Crippen molar-refractivity contribution in [3.63, 3.8) is 0 Å². The van der Waals surface area contributed by atoms with Gasteiger partial charge in [-0.1, -0.05) is 20.8 Å². The van der Waals surface area contributed by atoms with E-state index in [-0.39, 0.29) is 17.2 Å². The number of halogens is 4. The van der Waals surface area contributed by atoms with Gasteiger partial charge in [-0.3, -0.25) is 4.18 Å². The molecule has 0 aliphatic carbocycles. The molecule has 0 aliphatic heterocycles. The summed E-state index contributed by atoms with van der Waals surface area (Å²) in [6.07, 6.45) is -1.87. The molecule has 0 fully saturated rings. The maximum absolute atomic E-state index is 13.5. The molecule has 0 amide bonds. The summed E-state index contributed by atoms with van der Waals surface area (Å²) in [4.78, 5) is 12.1. The Hall–Kier alpha value is -0.523. The average Bonchev–Trinajstić information content (AvgIpc) is 2.30. The van der Waals surface area contributed by atoms with Crippen molar-refractivity contribution in [1.82, 2.24) is 0 Å². The summed E-state index contributed by atoms with van der Waals surface area (Å²) in [7, 11) is -8.74. The second-order valence-electron chi connectivity index (χ2n) is 6.76. The number of rotatable bonds is 8. The fourth-order valence-electron chi connectivity index (χ4n) is 1.35. The molecule has 0 bridgehead atoms. The SMILES string of the molecule is CC(C)(C)CC(=O)[Si](C)(C)OCC(F)COS(=O)(=O)C(F)(F)F. The van der Waals surface area contributed by atoms with Gasteiger partial charge in [-0.15, -0.1) is 0 Å². The Bertz CT molecular complexity index is 511. The van der Waals surface area contributed by atoms with Crippen LogP contribution >= 0.6 is 0 Å². The first-order chi connectivity index (χ1) is 9.98. The first-order valence-electron chi connectivity index (χ1n) is 6.75. The number of carbonyl (C=O) groups excluding carboxylic acids is 1. The Kier molecular flexibility index (Phi) is 7.40. The predicted octanol–water partition coefficient (Wildman–Crippen LogP) is 2.96. The summed E-state index contributed by atoms with van der Waals surface area (Å²) in [6, 6.07) is 0.